The van der Waals surface area contributed by atoms with Crippen molar-refractivity contribution in [3.05, 3.63) is 59.7 Å². The van der Waals surface area contributed by atoms with E-state index in [0.717, 1.165) is 17.1 Å². The average Bonchev–Trinajstić information content (AvgIpc) is 3.22. The number of hydrogen-bond acceptors (Lipinski definition) is 4. The Morgan fingerprint density at radius 3 is 2.36 bits per heavy atom. The standard InChI is InChI=1S/C20H23N3O4S/c1-22(2)28(26,27)16-9-7-8-15(14-16)19(24)21-18-11-4-3-10-17(18)20(25)23-12-5-6-13-23/h3-4,7-11,14H,5-6,12-13H2,1-2H3,(H,21,24). The van der Waals surface area contributed by atoms with Crippen molar-refractivity contribution in [3.63, 3.8) is 0 Å². The van der Waals surface area contributed by atoms with Crippen LogP contribution in [0.2, 0.25) is 0 Å². The Labute approximate surface area is 165 Å². The van der Waals surface area contributed by atoms with Crippen LogP contribution in [0.15, 0.2) is 53.4 Å². The van der Waals surface area contributed by atoms with Crippen LogP contribution in [0.4, 0.5) is 5.69 Å². The summed E-state index contributed by atoms with van der Waals surface area (Å²) < 4.78 is 25.7. The van der Waals surface area contributed by atoms with Gasteiger partial charge < -0.3 is 10.2 Å². The second kappa shape index (κ2) is 8.12. The summed E-state index contributed by atoms with van der Waals surface area (Å²) in [6, 6.07) is 12.7. The molecule has 8 heteroatoms. The van der Waals surface area contributed by atoms with Crippen LogP contribution in [-0.2, 0) is 10.0 Å². The summed E-state index contributed by atoms with van der Waals surface area (Å²) in [6.45, 7) is 1.43. The number of benzene rings is 2. The van der Waals surface area contributed by atoms with E-state index in [9.17, 15) is 18.0 Å². The molecule has 1 fully saturated rings. The van der Waals surface area contributed by atoms with Crippen LogP contribution < -0.4 is 5.32 Å². The molecule has 1 aliphatic heterocycles. The lowest BCUT2D eigenvalue weighted by Gasteiger charge is -2.18. The van der Waals surface area contributed by atoms with E-state index in [1.165, 1.54) is 38.4 Å². The van der Waals surface area contributed by atoms with Crippen LogP contribution in [0.3, 0.4) is 0 Å². The molecule has 0 aromatic heterocycles. The van der Waals surface area contributed by atoms with Gasteiger partial charge in [-0.1, -0.05) is 18.2 Å². The molecule has 148 valence electrons. The highest BCUT2D eigenvalue weighted by Crippen LogP contribution is 2.22. The molecule has 0 radical (unpaired) electrons. The second-order valence-electron chi connectivity index (χ2n) is 6.81. The van der Waals surface area contributed by atoms with Gasteiger partial charge >= 0.3 is 0 Å². The van der Waals surface area contributed by atoms with Crippen LogP contribution in [0, 0.1) is 0 Å². The molecule has 7 nitrogen and oxygen atoms in total. The van der Waals surface area contributed by atoms with Gasteiger partial charge in [-0.3, -0.25) is 9.59 Å². The van der Waals surface area contributed by atoms with Crippen molar-refractivity contribution in [1.29, 1.82) is 0 Å². The first-order valence-corrected chi connectivity index (χ1v) is 10.5. The van der Waals surface area contributed by atoms with Crippen LogP contribution in [0.1, 0.15) is 33.6 Å². The van der Waals surface area contributed by atoms with Gasteiger partial charge in [0.1, 0.15) is 0 Å². The predicted molar refractivity (Wildman–Crippen MR) is 107 cm³/mol. The van der Waals surface area contributed by atoms with Gasteiger partial charge in [0.15, 0.2) is 0 Å². The maximum atomic E-state index is 12.7. The number of likely N-dealkylation sites (tertiary alicyclic amines) is 1. The lowest BCUT2D eigenvalue weighted by molar-refractivity contribution is 0.0794. The SMILES string of the molecule is CN(C)S(=O)(=O)c1cccc(C(=O)Nc2ccccc2C(=O)N2CCCC2)c1. The summed E-state index contributed by atoms with van der Waals surface area (Å²) in [4.78, 5) is 27.3. The van der Waals surface area contributed by atoms with Gasteiger partial charge in [0, 0.05) is 32.7 Å². The minimum atomic E-state index is -3.65. The molecular formula is C20H23N3O4S. The van der Waals surface area contributed by atoms with Crippen molar-refractivity contribution in [2.24, 2.45) is 0 Å². The molecule has 1 aliphatic rings. The van der Waals surface area contributed by atoms with Crippen molar-refractivity contribution >= 4 is 27.5 Å². The van der Waals surface area contributed by atoms with Crippen molar-refractivity contribution in [2.75, 3.05) is 32.5 Å². The zero-order valence-corrected chi connectivity index (χ0v) is 16.7. The Morgan fingerprint density at radius 1 is 1.00 bits per heavy atom. The van der Waals surface area contributed by atoms with Crippen molar-refractivity contribution < 1.29 is 18.0 Å². The molecule has 2 aromatic carbocycles. The molecule has 0 saturated carbocycles. The number of nitrogens with one attached hydrogen (secondary N) is 1. The number of carbonyl (C=O) groups excluding carboxylic acids is 2. The zero-order chi connectivity index (χ0) is 20.3. The summed E-state index contributed by atoms with van der Waals surface area (Å²) in [5, 5.41) is 2.74. The number of anilines is 1. The first-order chi connectivity index (χ1) is 13.3. The largest absolute Gasteiger partial charge is 0.339 e. The Morgan fingerprint density at radius 2 is 1.68 bits per heavy atom. The molecule has 1 saturated heterocycles. The van der Waals surface area contributed by atoms with E-state index in [0.29, 0.717) is 24.3 Å². The third kappa shape index (κ3) is 4.07. The monoisotopic (exact) mass is 401 g/mol. The lowest BCUT2D eigenvalue weighted by atomic mass is 10.1. The number of hydrogen-bond donors (Lipinski definition) is 1. The highest BCUT2D eigenvalue weighted by molar-refractivity contribution is 7.89. The number of para-hydroxylation sites is 1. The highest BCUT2D eigenvalue weighted by Gasteiger charge is 2.23. The number of nitrogens with zero attached hydrogens (tertiary/aromatic N) is 2. The molecule has 0 bridgehead atoms. The first-order valence-electron chi connectivity index (χ1n) is 9.03. The maximum Gasteiger partial charge on any atom is 0.255 e. The summed E-state index contributed by atoms with van der Waals surface area (Å²) >= 11 is 0. The van der Waals surface area contributed by atoms with Crippen LogP contribution in [0.5, 0.6) is 0 Å². The minimum Gasteiger partial charge on any atom is -0.339 e. The van der Waals surface area contributed by atoms with E-state index in [4.69, 9.17) is 0 Å². The molecule has 28 heavy (non-hydrogen) atoms. The Bertz CT molecular complexity index is 996. The molecule has 0 unspecified atom stereocenters. The molecule has 2 amide bonds. The first kappa shape index (κ1) is 20.0. The molecule has 1 heterocycles. The minimum absolute atomic E-state index is 0.0339. The quantitative estimate of drug-likeness (QED) is 0.834. The lowest BCUT2D eigenvalue weighted by Crippen LogP contribution is -2.28. The van der Waals surface area contributed by atoms with E-state index in [-0.39, 0.29) is 16.4 Å². The number of amides is 2. The molecule has 1 N–H and O–H groups in total. The molecule has 2 aromatic rings. The van der Waals surface area contributed by atoms with E-state index in [2.05, 4.69) is 5.32 Å². The van der Waals surface area contributed by atoms with Gasteiger partial charge in [-0.25, -0.2) is 12.7 Å². The Hall–Kier alpha value is -2.71. The average molecular weight is 401 g/mol. The zero-order valence-electron chi connectivity index (χ0n) is 15.9. The van der Waals surface area contributed by atoms with Gasteiger partial charge in [-0.2, -0.15) is 0 Å². The number of sulfonamides is 1. The summed E-state index contributed by atoms with van der Waals surface area (Å²) in [5.74, 6) is -0.588. The number of rotatable bonds is 5. The van der Waals surface area contributed by atoms with E-state index >= 15 is 0 Å². The van der Waals surface area contributed by atoms with Crippen molar-refractivity contribution in [1.82, 2.24) is 9.21 Å². The maximum absolute atomic E-state index is 12.7. The highest BCUT2D eigenvalue weighted by atomic mass is 32.2. The molecule has 0 aliphatic carbocycles. The summed E-state index contributed by atoms with van der Waals surface area (Å²) in [5.41, 5.74) is 1.03. The molecule has 0 atom stereocenters. The molecular weight excluding hydrogens is 378 g/mol. The summed E-state index contributed by atoms with van der Waals surface area (Å²) in [6.07, 6.45) is 1.96. The van der Waals surface area contributed by atoms with Crippen LogP contribution >= 0.6 is 0 Å². The Kier molecular flexibility index (Phi) is 5.81. The van der Waals surface area contributed by atoms with E-state index in [1.54, 1.807) is 29.2 Å². The normalized spacial score (nSPS) is 14.3. The summed E-state index contributed by atoms with van der Waals surface area (Å²) in [7, 11) is -0.780. The van der Waals surface area contributed by atoms with Gasteiger partial charge in [0.05, 0.1) is 16.1 Å². The fraction of sp³-hybridized carbons (Fsp3) is 0.300. The van der Waals surface area contributed by atoms with E-state index in [1.807, 2.05) is 0 Å². The molecule has 0 spiro atoms. The third-order valence-electron chi connectivity index (χ3n) is 4.67. The van der Waals surface area contributed by atoms with Crippen LogP contribution in [0.25, 0.3) is 0 Å². The van der Waals surface area contributed by atoms with Crippen LogP contribution in [-0.4, -0.2) is 56.6 Å². The van der Waals surface area contributed by atoms with Crippen molar-refractivity contribution in [2.45, 2.75) is 17.7 Å². The van der Waals surface area contributed by atoms with Gasteiger partial charge in [0.25, 0.3) is 11.8 Å². The fourth-order valence-electron chi connectivity index (χ4n) is 3.07. The third-order valence-corrected chi connectivity index (χ3v) is 6.48. The second-order valence-corrected chi connectivity index (χ2v) is 8.97. The topological polar surface area (TPSA) is 86.8 Å². The fourth-order valence-corrected chi connectivity index (χ4v) is 4.02. The van der Waals surface area contributed by atoms with Gasteiger partial charge in [-0.15, -0.1) is 0 Å². The number of carbonyl (C=O) groups is 2. The Balaban J connectivity index is 1.86. The van der Waals surface area contributed by atoms with Crippen molar-refractivity contribution in [3.8, 4) is 0 Å². The molecule has 3 rings (SSSR count). The van der Waals surface area contributed by atoms with Gasteiger partial charge in [0.2, 0.25) is 10.0 Å². The predicted octanol–water partition coefficient (Wildman–Crippen LogP) is 2.43. The van der Waals surface area contributed by atoms with Gasteiger partial charge in [-0.05, 0) is 43.2 Å². The van der Waals surface area contributed by atoms with E-state index < -0.39 is 15.9 Å². The smallest absolute Gasteiger partial charge is 0.255 e.